The normalized spacial score (nSPS) is 20.0. The van der Waals surface area contributed by atoms with Gasteiger partial charge in [0, 0.05) is 36.9 Å². The fourth-order valence-corrected chi connectivity index (χ4v) is 5.06. The van der Waals surface area contributed by atoms with Crippen LogP contribution in [0.25, 0.3) is 10.9 Å². The molecule has 1 saturated carbocycles. The molecule has 0 radical (unpaired) electrons. The third-order valence-corrected chi connectivity index (χ3v) is 6.88. The number of para-hydroxylation sites is 1. The average molecular weight is 462 g/mol. The van der Waals surface area contributed by atoms with E-state index < -0.39 is 0 Å². The monoisotopic (exact) mass is 461 g/mol. The summed E-state index contributed by atoms with van der Waals surface area (Å²) < 4.78 is 7.96. The summed E-state index contributed by atoms with van der Waals surface area (Å²) in [5.41, 5.74) is 1.88. The Morgan fingerprint density at radius 2 is 1.88 bits per heavy atom. The predicted octanol–water partition coefficient (Wildman–Crippen LogP) is 3.02. The Morgan fingerprint density at radius 3 is 2.71 bits per heavy atom. The highest BCUT2D eigenvalue weighted by molar-refractivity contribution is 5.86. The lowest BCUT2D eigenvalue weighted by Crippen LogP contribution is -2.46. The zero-order valence-electron chi connectivity index (χ0n) is 19.4. The molecule has 2 aromatic heterocycles. The van der Waals surface area contributed by atoms with E-state index in [1.54, 1.807) is 28.2 Å². The van der Waals surface area contributed by atoms with Gasteiger partial charge in [-0.25, -0.2) is 0 Å². The van der Waals surface area contributed by atoms with Crippen LogP contribution in [0, 0.1) is 0 Å². The molecule has 3 aromatic rings. The van der Waals surface area contributed by atoms with Gasteiger partial charge in [0.1, 0.15) is 6.54 Å². The van der Waals surface area contributed by atoms with Crippen molar-refractivity contribution in [2.45, 2.75) is 57.4 Å². The van der Waals surface area contributed by atoms with Crippen LogP contribution in [0.15, 0.2) is 55.0 Å². The number of carbonyl (C=O) groups is 2. The second kappa shape index (κ2) is 10.3. The number of fused-ring (bicyclic) bond motifs is 1. The van der Waals surface area contributed by atoms with Gasteiger partial charge in [-0.1, -0.05) is 43.5 Å². The summed E-state index contributed by atoms with van der Waals surface area (Å²) >= 11 is 0. The van der Waals surface area contributed by atoms with Crippen molar-refractivity contribution in [2.24, 2.45) is 0 Å². The number of hydrogen-bond donors (Lipinski definition) is 0. The Bertz CT molecular complexity index is 1130. The summed E-state index contributed by atoms with van der Waals surface area (Å²) in [5, 5.41) is 5.38. The van der Waals surface area contributed by atoms with Crippen molar-refractivity contribution >= 4 is 22.7 Å². The van der Waals surface area contributed by atoms with Crippen molar-refractivity contribution in [2.75, 3.05) is 19.6 Å². The molecular weight excluding hydrogens is 430 g/mol. The molecule has 178 valence electrons. The molecule has 2 amide bonds. The Labute approximate surface area is 199 Å². The molecule has 8 nitrogen and oxygen atoms in total. The SMILES string of the molecule is O=C(Cn1ncc2ccccc21)N1CC(=O)N(C2CCCCC2)C[C@H](OCc2cccnc2)C1. The number of aromatic nitrogens is 3. The maximum absolute atomic E-state index is 13.3. The average Bonchev–Trinajstić information content (AvgIpc) is 3.20. The Kier molecular flexibility index (Phi) is 6.85. The molecule has 8 heteroatoms. The minimum atomic E-state index is -0.258. The lowest BCUT2D eigenvalue weighted by molar-refractivity contribution is -0.140. The molecule has 2 fully saturated rings. The van der Waals surface area contributed by atoms with Crippen LogP contribution in [0.5, 0.6) is 0 Å². The van der Waals surface area contributed by atoms with E-state index in [1.165, 1.54) is 6.42 Å². The van der Waals surface area contributed by atoms with Crippen LogP contribution in [0.4, 0.5) is 0 Å². The molecule has 3 heterocycles. The first-order valence-corrected chi connectivity index (χ1v) is 12.2. The Hall–Kier alpha value is -3.26. The van der Waals surface area contributed by atoms with E-state index in [1.807, 2.05) is 41.3 Å². The molecule has 1 aliphatic carbocycles. The zero-order chi connectivity index (χ0) is 23.3. The Balaban J connectivity index is 1.33. The second-order valence-electron chi connectivity index (χ2n) is 9.27. The molecule has 0 N–H and O–H groups in total. The molecule has 1 saturated heterocycles. The summed E-state index contributed by atoms with van der Waals surface area (Å²) in [6, 6.07) is 11.9. The van der Waals surface area contributed by atoms with Gasteiger partial charge in [-0.3, -0.25) is 19.3 Å². The van der Waals surface area contributed by atoms with Crippen molar-refractivity contribution in [3.63, 3.8) is 0 Å². The maximum Gasteiger partial charge on any atom is 0.244 e. The molecule has 0 unspecified atom stereocenters. The largest absolute Gasteiger partial charge is 0.370 e. The lowest BCUT2D eigenvalue weighted by Gasteiger charge is -2.34. The fraction of sp³-hybridized carbons (Fsp3) is 0.462. The van der Waals surface area contributed by atoms with Gasteiger partial charge in [0.25, 0.3) is 0 Å². The van der Waals surface area contributed by atoms with E-state index >= 15 is 0 Å². The molecule has 0 spiro atoms. The van der Waals surface area contributed by atoms with Crippen LogP contribution < -0.4 is 0 Å². The highest BCUT2D eigenvalue weighted by Crippen LogP contribution is 2.25. The van der Waals surface area contributed by atoms with Crippen LogP contribution in [-0.4, -0.2) is 68.2 Å². The predicted molar refractivity (Wildman–Crippen MR) is 128 cm³/mol. The molecule has 1 atom stereocenters. The number of pyridine rings is 1. The molecule has 1 aliphatic heterocycles. The fourth-order valence-electron chi connectivity index (χ4n) is 5.06. The van der Waals surface area contributed by atoms with E-state index in [0.717, 1.165) is 42.1 Å². The third kappa shape index (κ3) is 5.12. The van der Waals surface area contributed by atoms with Crippen molar-refractivity contribution in [3.05, 3.63) is 60.6 Å². The van der Waals surface area contributed by atoms with Gasteiger partial charge in [-0.15, -0.1) is 0 Å². The van der Waals surface area contributed by atoms with Crippen LogP contribution in [0.1, 0.15) is 37.7 Å². The molecule has 34 heavy (non-hydrogen) atoms. The number of ether oxygens (including phenoxy) is 1. The van der Waals surface area contributed by atoms with Crippen molar-refractivity contribution in [1.82, 2.24) is 24.6 Å². The van der Waals surface area contributed by atoms with Gasteiger partial charge < -0.3 is 14.5 Å². The van der Waals surface area contributed by atoms with Crippen molar-refractivity contribution < 1.29 is 14.3 Å². The molecule has 1 aromatic carbocycles. The summed E-state index contributed by atoms with van der Waals surface area (Å²) in [6.45, 7) is 1.48. The zero-order valence-corrected chi connectivity index (χ0v) is 19.4. The second-order valence-corrected chi connectivity index (χ2v) is 9.27. The Morgan fingerprint density at radius 1 is 1.03 bits per heavy atom. The number of amides is 2. The van der Waals surface area contributed by atoms with Crippen LogP contribution in [-0.2, 0) is 27.5 Å². The lowest BCUT2D eigenvalue weighted by atomic mass is 9.94. The van der Waals surface area contributed by atoms with E-state index in [-0.39, 0.29) is 37.0 Å². The number of benzene rings is 1. The first-order valence-electron chi connectivity index (χ1n) is 12.2. The van der Waals surface area contributed by atoms with Gasteiger partial charge in [-0.2, -0.15) is 5.10 Å². The molecule has 5 rings (SSSR count). The first kappa shape index (κ1) is 22.5. The summed E-state index contributed by atoms with van der Waals surface area (Å²) in [4.78, 5) is 34.4. The van der Waals surface area contributed by atoms with Gasteiger partial charge in [0.05, 0.1) is 31.0 Å². The molecule has 2 aliphatic rings. The summed E-state index contributed by atoms with van der Waals surface area (Å²) in [7, 11) is 0. The highest BCUT2D eigenvalue weighted by atomic mass is 16.5. The van der Waals surface area contributed by atoms with Crippen molar-refractivity contribution in [3.8, 4) is 0 Å². The minimum Gasteiger partial charge on any atom is -0.370 e. The number of nitrogens with zero attached hydrogens (tertiary/aromatic N) is 5. The van der Waals surface area contributed by atoms with E-state index in [4.69, 9.17) is 4.74 Å². The number of carbonyl (C=O) groups excluding carboxylic acids is 2. The molecular formula is C26H31N5O3. The minimum absolute atomic E-state index is 0.0121. The summed E-state index contributed by atoms with van der Waals surface area (Å²) in [6.07, 6.45) is 10.6. The van der Waals surface area contributed by atoms with Gasteiger partial charge in [-0.05, 0) is 30.5 Å². The van der Waals surface area contributed by atoms with E-state index in [9.17, 15) is 9.59 Å². The van der Waals surface area contributed by atoms with Crippen LogP contribution in [0.2, 0.25) is 0 Å². The van der Waals surface area contributed by atoms with Gasteiger partial charge in [0.2, 0.25) is 11.8 Å². The highest BCUT2D eigenvalue weighted by Gasteiger charge is 2.35. The first-order chi connectivity index (χ1) is 16.7. The van der Waals surface area contributed by atoms with Gasteiger partial charge >= 0.3 is 0 Å². The van der Waals surface area contributed by atoms with E-state index in [2.05, 4.69) is 10.1 Å². The van der Waals surface area contributed by atoms with Gasteiger partial charge in [0.15, 0.2) is 0 Å². The molecule has 0 bridgehead atoms. The summed E-state index contributed by atoms with van der Waals surface area (Å²) in [5.74, 6) is -0.110. The topological polar surface area (TPSA) is 80.6 Å². The standard InChI is InChI=1S/C26H31N5O3/c32-25(18-31-24-11-5-4-8-21(24)14-28-31)29-15-23(34-19-20-7-6-12-27-13-20)16-30(26(33)17-29)22-9-2-1-3-10-22/h4-8,11-14,22-23H,1-3,9-10,15-19H2/t23-/m1/s1. The smallest absolute Gasteiger partial charge is 0.244 e. The third-order valence-electron chi connectivity index (χ3n) is 6.88. The number of hydrogen-bond acceptors (Lipinski definition) is 5. The number of rotatable bonds is 6. The van der Waals surface area contributed by atoms with Crippen LogP contribution >= 0.6 is 0 Å². The van der Waals surface area contributed by atoms with Crippen molar-refractivity contribution in [1.29, 1.82) is 0 Å². The quantitative estimate of drug-likeness (QED) is 0.564. The maximum atomic E-state index is 13.3. The van der Waals surface area contributed by atoms with E-state index in [0.29, 0.717) is 19.7 Å². The van der Waals surface area contributed by atoms with Crippen LogP contribution in [0.3, 0.4) is 0 Å².